The fourth-order valence-electron chi connectivity index (χ4n) is 4.20. The topological polar surface area (TPSA) is 88.2 Å². The zero-order valence-corrected chi connectivity index (χ0v) is 20.0. The Morgan fingerprint density at radius 2 is 1.69 bits per heavy atom. The number of para-hydroxylation sites is 1. The molecule has 36 heavy (non-hydrogen) atoms. The van der Waals surface area contributed by atoms with Gasteiger partial charge in [-0.15, -0.1) is 0 Å². The molecule has 1 atom stereocenters. The van der Waals surface area contributed by atoms with Gasteiger partial charge in [-0.25, -0.2) is 9.97 Å². The zero-order chi connectivity index (χ0) is 24.6. The first-order valence-corrected chi connectivity index (χ1v) is 12.2. The minimum absolute atomic E-state index is 0.0176. The van der Waals surface area contributed by atoms with Gasteiger partial charge in [-0.3, -0.25) is 4.79 Å². The number of benzene rings is 3. The fraction of sp³-hybridized carbons (Fsp3) is 0.207. The van der Waals surface area contributed by atoms with Crippen molar-refractivity contribution >= 4 is 23.1 Å². The van der Waals surface area contributed by atoms with Crippen LogP contribution in [0.1, 0.15) is 24.8 Å². The van der Waals surface area contributed by atoms with Crippen LogP contribution in [0.15, 0.2) is 91.3 Å². The Bertz CT molecular complexity index is 1290. The van der Waals surface area contributed by atoms with Gasteiger partial charge < -0.3 is 20.7 Å². The lowest BCUT2D eigenvalue weighted by atomic mass is 10.0. The van der Waals surface area contributed by atoms with Crippen LogP contribution in [-0.2, 0) is 11.4 Å². The molecule has 182 valence electrons. The monoisotopic (exact) mass is 479 g/mol. The van der Waals surface area contributed by atoms with Crippen molar-refractivity contribution in [3.05, 3.63) is 96.8 Å². The van der Waals surface area contributed by atoms with Crippen LogP contribution in [0.2, 0.25) is 0 Å². The Kier molecular flexibility index (Phi) is 7.49. The second-order valence-electron chi connectivity index (χ2n) is 8.75. The summed E-state index contributed by atoms with van der Waals surface area (Å²) >= 11 is 0. The van der Waals surface area contributed by atoms with E-state index in [0.29, 0.717) is 12.4 Å². The van der Waals surface area contributed by atoms with Gasteiger partial charge in [0.15, 0.2) is 0 Å². The molecule has 1 saturated heterocycles. The van der Waals surface area contributed by atoms with Gasteiger partial charge in [-0.1, -0.05) is 48.9 Å². The van der Waals surface area contributed by atoms with E-state index in [2.05, 4.69) is 25.9 Å². The summed E-state index contributed by atoms with van der Waals surface area (Å²) < 4.78 is 6.10. The summed E-state index contributed by atoms with van der Waals surface area (Å²) in [6, 6.07) is 27.3. The first-order chi connectivity index (χ1) is 17.7. The molecule has 1 fully saturated rings. The number of ether oxygens (including phenoxy) is 1. The molecule has 0 aliphatic carbocycles. The van der Waals surface area contributed by atoms with Gasteiger partial charge >= 0.3 is 0 Å². The summed E-state index contributed by atoms with van der Waals surface area (Å²) in [5, 5.41) is 9.59. The Morgan fingerprint density at radius 1 is 0.917 bits per heavy atom. The van der Waals surface area contributed by atoms with E-state index in [4.69, 9.17) is 4.74 Å². The number of hydrogen-bond acceptors (Lipinski definition) is 6. The number of nitrogens with one attached hydrogen (secondary N) is 3. The molecule has 1 aliphatic rings. The lowest BCUT2D eigenvalue weighted by Gasteiger charge is -2.22. The minimum atomic E-state index is -0.115. The van der Waals surface area contributed by atoms with Gasteiger partial charge in [0.1, 0.15) is 24.5 Å². The SMILES string of the molecule is O=C(Nc1ccc(Nc2cc(-c3ccccc3OCc3ccccc3)ncn2)cc1)[C@@H]1CCCCN1. The van der Waals surface area contributed by atoms with Gasteiger partial charge in [0.2, 0.25) is 5.91 Å². The lowest BCUT2D eigenvalue weighted by Crippen LogP contribution is -2.43. The number of aromatic nitrogens is 2. The first kappa shape index (κ1) is 23.5. The Balaban J connectivity index is 1.25. The smallest absolute Gasteiger partial charge is 0.241 e. The summed E-state index contributed by atoms with van der Waals surface area (Å²) in [6.07, 6.45) is 4.62. The third-order valence-corrected chi connectivity index (χ3v) is 6.12. The number of amides is 1. The molecule has 2 heterocycles. The predicted octanol–water partition coefficient (Wildman–Crippen LogP) is 5.55. The zero-order valence-electron chi connectivity index (χ0n) is 20.0. The van der Waals surface area contributed by atoms with Crippen LogP contribution in [0.4, 0.5) is 17.2 Å². The van der Waals surface area contributed by atoms with Crippen molar-refractivity contribution in [1.82, 2.24) is 15.3 Å². The standard InChI is InChI=1S/C29H29N5O2/c35-29(25-11-6-7-17-30-25)34-23-15-13-22(14-16-23)33-28-18-26(31-20-32-28)24-10-4-5-12-27(24)36-19-21-8-2-1-3-9-21/h1-5,8-10,12-16,18,20,25,30H,6-7,11,17,19H2,(H,34,35)(H,31,32,33)/t25-/m0/s1. The quantitative estimate of drug-likeness (QED) is 0.307. The number of piperidine rings is 1. The molecular formula is C29H29N5O2. The molecule has 1 aliphatic heterocycles. The van der Waals surface area contributed by atoms with E-state index in [9.17, 15) is 4.79 Å². The van der Waals surface area contributed by atoms with Crippen LogP contribution in [0.25, 0.3) is 11.3 Å². The van der Waals surface area contributed by atoms with E-state index in [1.165, 1.54) is 6.33 Å². The Hall–Kier alpha value is -4.23. The highest BCUT2D eigenvalue weighted by Gasteiger charge is 2.20. The van der Waals surface area contributed by atoms with E-state index in [1.807, 2.05) is 84.9 Å². The number of anilines is 3. The summed E-state index contributed by atoms with van der Waals surface area (Å²) in [7, 11) is 0. The van der Waals surface area contributed by atoms with E-state index in [-0.39, 0.29) is 11.9 Å². The molecule has 1 aromatic heterocycles. The van der Waals surface area contributed by atoms with Crippen LogP contribution < -0.4 is 20.7 Å². The van der Waals surface area contributed by atoms with E-state index < -0.39 is 0 Å². The molecule has 5 rings (SSSR count). The summed E-state index contributed by atoms with van der Waals surface area (Å²) in [5.41, 5.74) is 4.40. The predicted molar refractivity (Wildman–Crippen MR) is 142 cm³/mol. The molecule has 4 aromatic rings. The number of carbonyl (C=O) groups excluding carboxylic acids is 1. The second kappa shape index (κ2) is 11.5. The van der Waals surface area contributed by atoms with Crippen molar-refractivity contribution in [2.24, 2.45) is 0 Å². The van der Waals surface area contributed by atoms with Gasteiger partial charge in [-0.05, 0) is 61.3 Å². The highest BCUT2D eigenvalue weighted by molar-refractivity contribution is 5.95. The first-order valence-electron chi connectivity index (χ1n) is 12.2. The number of carbonyl (C=O) groups is 1. The Labute approximate surface area is 211 Å². The van der Waals surface area contributed by atoms with Crippen LogP contribution in [0, 0.1) is 0 Å². The maximum atomic E-state index is 12.5. The van der Waals surface area contributed by atoms with Crippen molar-refractivity contribution in [2.45, 2.75) is 31.9 Å². The van der Waals surface area contributed by atoms with Gasteiger partial charge in [-0.2, -0.15) is 0 Å². The van der Waals surface area contributed by atoms with Crippen molar-refractivity contribution in [2.75, 3.05) is 17.2 Å². The third kappa shape index (κ3) is 6.06. The number of hydrogen-bond donors (Lipinski definition) is 3. The molecule has 3 N–H and O–H groups in total. The number of nitrogens with zero attached hydrogens (tertiary/aromatic N) is 2. The van der Waals surface area contributed by atoms with Crippen LogP contribution in [0.3, 0.4) is 0 Å². The summed E-state index contributed by atoms with van der Waals surface area (Å²) in [6.45, 7) is 1.37. The van der Waals surface area contributed by atoms with Gasteiger partial charge in [0.25, 0.3) is 0 Å². The van der Waals surface area contributed by atoms with Crippen molar-refractivity contribution in [3.8, 4) is 17.0 Å². The van der Waals surface area contributed by atoms with E-state index in [0.717, 1.165) is 59.8 Å². The molecular weight excluding hydrogens is 450 g/mol. The molecule has 0 saturated carbocycles. The van der Waals surface area contributed by atoms with E-state index >= 15 is 0 Å². The third-order valence-electron chi connectivity index (χ3n) is 6.12. The van der Waals surface area contributed by atoms with E-state index in [1.54, 1.807) is 0 Å². The highest BCUT2D eigenvalue weighted by Crippen LogP contribution is 2.30. The molecule has 0 radical (unpaired) electrons. The molecule has 0 spiro atoms. The maximum Gasteiger partial charge on any atom is 0.241 e. The largest absolute Gasteiger partial charge is 0.488 e. The molecule has 7 heteroatoms. The van der Waals surface area contributed by atoms with Crippen molar-refractivity contribution < 1.29 is 9.53 Å². The van der Waals surface area contributed by atoms with Gasteiger partial charge in [0, 0.05) is 23.0 Å². The van der Waals surface area contributed by atoms with Crippen LogP contribution in [0.5, 0.6) is 5.75 Å². The average molecular weight is 480 g/mol. The highest BCUT2D eigenvalue weighted by atomic mass is 16.5. The summed E-state index contributed by atoms with van der Waals surface area (Å²) in [4.78, 5) is 21.3. The summed E-state index contributed by atoms with van der Waals surface area (Å²) in [5.74, 6) is 1.45. The second-order valence-corrected chi connectivity index (χ2v) is 8.75. The molecule has 7 nitrogen and oxygen atoms in total. The number of rotatable bonds is 8. The van der Waals surface area contributed by atoms with Crippen LogP contribution in [-0.4, -0.2) is 28.5 Å². The lowest BCUT2D eigenvalue weighted by molar-refractivity contribution is -0.118. The Morgan fingerprint density at radius 3 is 2.50 bits per heavy atom. The maximum absolute atomic E-state index is 12.5. The molecule has 3 aromatic carbocycles. The van der Waals surface area contributed by atoms with Crippen molar-refractivity contribution in [1.29, 1.82) is 0 Å². The molecule has 1 amide bonds. The van der Waals surface area contributed by atoms with Crippen LogP contribution >= 0.6 is 0 Å². The average Bonchev–Trinajstić information content (AvgIpc) is 2.94. The normalized spacial score (nSPS) is 15.2. The fourth-order valence-corrected chi connectivity index (χ4v) is 4.20. The minimum Gasteiger partial charge on any atom is -0.488 e. The van der Waals surface area contributed by atoms with Gasteiger partial charge in [0.05, 0.1) is 11.7 Å². The molecule has 0 unspecified atom stereocenters. The van der Waals surface area contributed by atoms with Crippen molar-refractivity contribution in [3.63, 3.8) is 0 Å². The molecule has 0 bridgehead atoms.